The molecule has 2 rings (SSSR count). The zero-order valence-electron chi connectivity index (χ0n) is 13.7. The number of nitrogens with zero attached hydrogens (tertiary/aromatic N) is 1. The van der Waals surface area contributed by atoms with Gasteiger partial charge in [0.25, 0.3) is 5.91 Å². The zero-order chi connectivity index (χ0) is 16.8. The van der Waals surface area contributed by atoms with Crippen molar-refractivity contribution < 1.29 is 14.6 Å². The summed E-state index contributed by atoms with van der Waals surface area (Å²) in [4.78, 5) is 16.4. The van der Waals surface area contributed by atoms with Crippen LogP contribution < -0.4 is 10.1 Å². The third-order valence-electron chi connectivity index (χ3n) is 3.51. The molecule has 0 saturated carbocycles. The second kappa shape index (κ2) is 7.80. The van der Waals surface area contributed by atoms with Crippen molar-refractivity contribution in [3.8, 4) is 5.75 Å². The van der Waals surface area contributed by atoms with E-state index >= 15 is 0 Å². The number of aromatic amines is 1. The van der Waals surface area contributed by atoms with E-state index in [4.69, 9.17) is 4.74 Å². The second-order valence-electron chi connectivity index (χ2n) is 5.52. The molecule has 0 saturated heterocycles. The molecule has 0 spiro atoms. The smallest absolute Gasteiger partial charge is 0.269 e. The maximum atomic E-state index is 11.8. The van der Waals surface area contributed by atoms with E-state index in [-0.39, 0.29) is 5.91 Å². The highest BCUT2D eigenvalue weighted by molar-refractivity contribution is 5.92. The predicted molar refractivity (Wildman–Crippen MR) is 88.5 cm³/mol. The van der Waals surface area contributed by atoms with E-state index in [0.717, 1.165) is 17.0 Å². The Morgan fingerprint density at radius 3 is 2.83 bits per heavy atom. The van der Waals surface area contributed by atoms with Crippen LogP contribution in [0, 0.1) is 0 Å². The van der Waals surface area contributed by atoms with Gasteiger partial charge in [-0.1, -0.05) is 12.1 Å². The van der Waals surface area contributed by atoms with Crippen LogP contribution in [-0.4, -0.2) is 48.6 Å². The molecule has 0 fully saturated rings. The summed E-state index contributed by atoms with van der Waals surface area (Å²) in [5, 5.41) is 13.4. The second-order valence-corrected chi connectivity index (χ2v) is 5.52. The van der Waals surface area contributed by atoms with Gasteiger partial charge in [0.05, 0.1) is 13.2 Å². The Morgan fingerprint density at radius 2 is 2.13 bits per heavy atom. The van der Waals surface area contributed by atoms with E-state index < -0.39 is 6.10 Å². The minimum Gasteiger partial charge on any atom is -0.497 e. The van der Waals surface area contributed by atoms with Crippen molar-refractivity contribution in [3.05, 3.63) is 53.3 Å². The van der Waals surface area contributed by atoms with Gasteiger partial charge in [0, 0.05) is 32.9 Å². The molecule has 1 atom stereocenters. The van der Waals surface area contributed by atoms with Crippen molar-refractivity contribution in [2.45, 2.75) is 12.6 Å². The number of benzene rings is 1. The quantitative estimate of drug-likeness (QED) is 0.724. The van der Waals surface area contributed by atoms with E-state index in [0.29, 0.717) is 18.8 Å². The molecular formula is C17H23N3O3. The van der Waals surface area contributed by atoms with Crippen LogP contribution in [0.1, 0.15) is 27.8 Å². The summed E-state index contributed by atoms with van der Waals surface area (Å²) in [6, 6.07) is 11.0. The van der Waals surface area contributed by atoms with Crippen LogP contribution >= 0.6 is 0 Å². The van der Waals surface area contributed by atoms with Crippen molar-refractivity contribution in [3.63, 3.8) is 0 Å². The van der Waals surface area contributed by atoms with Crippen LogP contribution in [0.5, 0.6) is 5.75 Å². The summed E-state index contributed by atoms with van der Waals surface area (Å²) >= 11 is 0. The standard InChI is InChI=1S/C17H23N3O3/c1-20(2)17(22)15-8-7-13(19-15)10-18-11-16(21)12-5-4-6-14(9-12)23-3/h4-9,16,18-19,21H,10-11H2,1-3H3. The SMILES string of the molecule is COc1cccc(C(O)CNCc2ccc(C(=O)N(C)C)[nH]2)c1. The molecule has 3 N–H and O–H groups in total. The van der Waals surface area contributed by atoms with Gasteiger partial charge in [-0.25, -0.2) is 0 Å². The van der Waals surface area contributed by atoms with Crippen molar-refractivity contribution >= 4 is 5.91 Å². The predicted octanol–water partition coefficient (Wildman–Crippen LogP) is 1.55. The van der Waals surface area contributed by atoms with Gasteiger partial charge in [-0.2, -0.15) is 0 Å². The Balaban J connectivity index is 1.86. The fourth-order valence-corrected chi connectivity index (χ4v) is 2.22. The van der Waals surface area contributed by atoms with Crippen LogP contribution in [0.2, 0.25) is 0 Å². The number of hydrogen-bond donors (Lipinski definition) is 3. The molecule has 0 aliphatic rings. The molecule has 0 radical (unpaired) electrons. The Labute approximate surface area is 136 Å². The van der Waals surface area contributed by atoms with Crippen molar-refractivity contribution in [1.29, 1.82) is 0 Å². The Bertz CT molecular complexity index is 652. The maximum absolute atomic E-state index is 11.8. The lowest BCUT2D eigenvalue weighted by Crippen LogP contribution is -2.23. The lowest BCUT2D eigenvalue weighted by molar-refractivity contribution is 0.0822. The van der Waals surface area contributed by atoms with E-state index in [1.165, 1.54) is 4.90 Å². The maximum Gasteiger partial charge on any atom is 0.269 e. The Morgan fingerprint density at radius 1 is 1.35 bits per heavy atom. The highest BCUT2D eigenvalue weighted by Gasteiger charge is 2.11. The molecule has 0 aliphatic heterocycles. The Hall–Kier alpha value is -2.31. The molecule has 0 bridgehead atoms. The fraction of sp³-hybridized carbons (Fsp3) is 0.353. The first-order chi connectivity index (χ1) is 11.0. The number of carbonyl (C=O) groups excluding carboxylic acids is 1. The molecule has 1 unspecified atom stereocenters. The zero-order valence-corrected chi connectivity index (χ0v) is 13.7. The third-order valence-corrected chi connectivity index (χ3v) is 3.51. The van der Waals surface area contributed by atoms with Crippen LogP contribution in [0.4, 0.5) is 0 Å². The molecular weight excluding hydrogens is 294 g/mol. The number of ether oxygens (including phenoxy) is 1. The topological polar surface area (TPSA) is 77.6 Å². The van der Waals surface area contributed by atoms with Gasteiger partial charge in [0.1, 0.15) is 11.4 Å². The number of nitrogens with one attached hydrogen (secondary N) is 2. The molecule has 23 heavy (non-hydrogen) atoms. The van der Waals surface area contributed by atoms with Crippen molar-refractivity contribution in [2.24, 2.45) is 0 Å². The van der Waals surface area contributed by atoms with Gasteiger partial charge in [-0.15, -0.1) is 0 Å². The number of carbonyl (C=O) groups is 1. The molecule has 0 aliphatic carbocycles. The number of hydrogen-bond acceptors (Lipinski definition) is 4. The van der Waals surface area contributed by atoms with E-state index in [1.54, 1.807) is 27.3 Å². The van der Waals surface area contributed by atoms with Gasteiger partial charge in [0.15, 0.2) is 0 Å². The summed E-state index contributed by atoms with van der Waals surface area (Å²) in [7, 11) is 5.03. The number of methoxy groups -OCH3 is 1. The average Bonchev–Trinajstić information content (AvgIpc) is 3.02. The van der Waals surface area contributed by atoms with Gasteiger partial charge >= 0.3 is 0 Å². The van der Waals surface area contributed by atoms with Gasteiger partial charge in [-0.05, 0) is 29.8 Å². The first-order valence-corrected chi connectivity index (χ1v) is 7.43. The van der Waals surface area contributed by atoms with E-state index in [1.807, 2.05) is 30.3 Å². The summed E-state index contributed by atoms with van der Waals surface area (Å²) in [5.41, 5.74) is 2.25. The minimum atomic E-state index is -0.622. The van der Waals surface area contributed by atoms with E-state index in [2.05, 4.69) is 10.3 Å². The van der Waals surface area contributed by atoms with E-state index in [9.17, 15) is 9.90 Å². The van der Waals surface area contributed by atoms with Crippen LogP contribution in [0.25, 0.3) is 0 Å². The first-order valence-electron chi connectivity index (χ1n) is 7.43. The van der Waals surface area contributed by atoms with Crippen molar-refractivity contribution in [2.75, 3.05) is 27.7 Å². The molecule has 2 aromatic rings. The molecule has 1 amide bonds. The summed E-state index contributed by atoms with van der Waals surface area (Å²) in [5.74, 6) is 0.658. The summed E-state index contributed by atoms with van der Waals surface area (Å²) in [6.45, 7) is 0.949. The molecule has 6 nitrogen and oxygen atoms in total. The molecule has 6 heteroatoms. The van der Waals surface area contributed by atoms with Gasteiger partial charge in [0.2, 0.25) is 0 Å². The molecule has 1 aromatic carbocycles. The van der Waals surface area contributed by atoms with Gasteiger partial charge in [-0.3, -0.25) is 4.79 Å². The number of rotatable bonds is 7. The number of amides is 1. The highest BCUT2D eigenvalue weighted by atomic mass is 16.5. The summed E-state index contributed by atoms with van der Waals surface area (Å²) in [6.07, 6.45) is -0.622. The average molecular weight is 317 g/mol. The van der Waals surface area contributed by atoms with Crippen LogP contribution in [-0.2, 0) is 6.54 Å². The normalized spacial score (nSPS) is 12.0. The first kappa shape index (κ1) is 17.1. The number of aliphatic hydroxyl groups excluding tert-OH is 1. The third kappa shape index (κ3) is 4.58. The molecule has 1 heterocycles. The van der Waals surface area contributed by atoms with Crippen LogP contribution in [0.15, 0.2) is 36.4 Å². The Kier molecular flexibility index (Phi) is 5.78. The minimum absolute atomic E-state index is 0.0623. The number of aromatic nitrogens is 1. The monoisotopic (exact) mass is 317 g/mol. The lowest BCUT2D eigenvalue weighted by atomic mass is 10.1. The summed E-state index contributed by atoms with van der Waals surface area (Å²) < 4.78 is 5.15. The number of aliphatic hydroxyl groups is 1. The van der Waals surface area contributed by atoms with Crippen LogP contribution in [0.3, 0.4) is 0 Å². The molecule has 124 valence electrons. The molecule has 1 aromatic heterocycles. The van der Waals surface area contributed by atoms with Crippen molar-refractivity contribution in [1.82, 2.24) is 15.2 Å². The highest BCUT2D eigenvalue weighted by Crippen LogP contribution is 2.18. The largest absolute Gasteiger partial charge is 0.497 e. The van der Waals surface area contributed by atoms with Gasteiger partial charge < -0.3 is 25.0 Å². The lowest BCUT2D eigenvalue weighted by Gasteiger charge is -2.13. The number of H-pyrrole nitrogens is 1. The fourth-order valence-electron chi connectivity index (χ4n) is 2.22.